The number of ether oxygens (including phenoxy) is 1. The van der Waals surface area contributed by atoms with Crippen molar-refractivity contribution in [3.05, 3.63) is 88.8 Å². The number of hydrogen-bond acceptors (Lipinski definition) is 4. The molecule has 0 atom stereocenters. The molecule has 4 rings (SSSR count). The van der Waals surface area contributed by atoms with Crippen molar-refractivity contribution in [2.24, 2.45) is 0 Å². The first-order valence-electron chi connectivity index (χ1n) is 11.4. The number of carbonyl (C=O) groups excluding carboxylic acids is 1. The summed E-state index contributed by atoms with van der Waals surface area (Å²) in [5, 5.41) is 3.93. The van der Waals surface area contributed by atoms with Crippen LogP contribution in [0, 0.1) is 13.8 Å². The Bertz CT molecular complexity index is 1290. The number of amides is 1. The minimum Gasteiger partial charge on any atom is -0.483 e. The van der Waals surface area contributed by atoms with Crippen molar-refractivity contribution >= 4 is 22.9 Å². The van der Waals surface area contributed by atoms with Crippen molar-refractivity contribution in [2.45, 2.75) is 40.0 Å². The van der Waals surface area contributed by atoms with Gasteiger partial charge in [-0.2, -0.15) is 0 Å². The molecule has 1 N–H and O–H groups in total. The number of rotatable bonds is 6. The van der Waals surface area contributed by atoms with E-state index in [0.717, 1.165) is 43.7 Å². The first kappa shape index (κ1) is 23.7. The van der Waals surface area contributed by atoms with Crippen LogP contribution in [0.2, 0.25) is 0 Å². The SMILES string of the molecule is Cc1ccc(OCC(=O)Nc2ccc(-c3nc(-c4ccccc4)sc3C)cc2)c(C(C)(C)C)c1. The lowest BCUT2D eigenvalue weighted by Gasteiger charge is -2.23. The standard InChI is InChI=1S/C29H30N2O2S/c1-19-11-16-25(24(17-19)29(3,4)5)33-18-26(32)30-23-14-12-21(13-15-23)27-20(2)34-28(31-27)22-9-7-6-8-10-22/h6-17H,18H2,1-5H3,(H,30,32). The van der Waals surface area contributed by atoms with Crippen LogP contribution in [0.1, 0.15) is 36.8 Å². The van der Waals surface area contributed by atoms with E-state index in [1.165, 1.54) is 5.56 Å². The number of anilines is 1. The lowest BCUT2D eigenvalue weighted by Crippen LogP contribution is -2.22. The smallest absolute Gasteiger partial charge is 0.262 e. The van der Waals surface area contributed by atoms with Crippen molar-refractivity contribution in [1.29, 1.82) is 0 Å². The normalized spacial score (nSPS) is 11.3. The maximum atomic E-state index is 12.5. The summed E-state index contributed by atoms with van der Waals surface area (Å²) in [6.45, 7) is 10.5. The van der Waals surface area contributed by atoms with Crippen LogP contribution < -0.4 is 10.1 Å². The van der Waals surface area contributed by atoms with Crippen LogP contribution in [0.25, 0.3) is 21.8 Å². The van der Waals surface area contributed by atoms with E-state index in [9.17, 15) is 4.79 Å². The Morgan fingerprint density at radius 3 is 2.32 bits per heavy atom. The number of carbonyl (C=O) groups is 1. The average molecular weight is 471 g/mol. The van der Waals surface area contributed by atoms with Crippen molar-refractivity contribution in [1.82, 2.24) is 4.98 Å². The van der Waals surface area contributed by atoms with E-state index in [0.29, 0.717) is 0 Å². The van der Waals surface area contributed by atoms with Gasteiger partial charge < -0.3 is 10.1 Å². The zero-order chi connectivity index (χ0) is 24.3. The first-order chi connectivity index (χ1) is 16.2. The molecule has 0 aliphatic heterocycles. The molecule has 0 radical (unpaired) electrons. The molecular formula is C29H30N2O2S. The molecule has 0 bridgehead atoms. The molecule has 0 saturated heterocycles. The van der Waals surface area contributed by atoms with E-state index in [1.807, 2.05) is 54.6 Å². The van der Waals surface area contributed by atoms with Gasteiger partial charge in [-0.3, -0.25) is 4.79 Å². The van der Waals surface area contributed by atoms with Crippen molar-refractivity contribution in [2.75, 3.05) is 11.9 Å². The molecule has 34 heavy (non-hydrogen) atoms. The van der Waals surface area contributed by atoms with Gasteiger partial charge in [-0.25, -0.2) is 4.98 Å². The van der Waals surface area contributed by atoms with Gasteiger partial charge in [-0.15, -0.1) is 11.3 Å². The lowest BCUT2D eigenvalue weighted by atomic mass is 9.85. The summed E-state index contributed by atoms with van der Waals surface area (Å²) in [6.07, 6.45) is 0. The van der Waals surface area contributed by atoms with Gasteiger partial charge in [0, 0.05) is 21.7 Å². The van der Waals surface area contributed by atoms with Crippen molar-refractivity contribution in [3.63, 3.8) is 0 Å². The zero-order valence-electron chi connectivity index (χ0n) is 20.3. The third-order valence-corrected chi connectivity index (χ3v) is 6.58. The highest BCUT2D eigenvalue weighted by molar-refractivity contribution is 7.15. The Labute approximate surface area is 205 Å². The third kappa shape index (κ3) is 5.54. The molecule has 0 saturated carbocycles. The van der Waals surface area contributed by atoms with Crippen LogP contribution in [0.3, 0.4) is 0 Å². The number of hydrogen-bond donors (Lipinski definition) is 1. The van der Waals surface area contributed by atoms with Gasteiger partial charge in [-0.05, 0) is 43.0 Å². The Kier molecular flexibility index (Phi) is 6.85. The summed E-state index contributed by atoms with van der Waals surface area (Å²) in [5.41, 5.74) is 6.05. The summed E-state index contributed by atoms with van der Waals surface area (Å²) in [5.74, 6) is 0.557. The highest BCUT2D eigenvalue weighted by atomic mass is 32.1. The molecular weight excluding hydrogens is 440 g/mol. The summed E-state index contributed by atoms with van der Waals surface area (Å²) in [7, 11) is 0. The topological polar surface area (TPSA) is 51.2 Å². The molecule has 1 amide bonds. The van der Waals surface area contributed by atoms with E-state index in [1.54, 1.807) is 11.3 Å². The Balaban J connectivity index is 1.41. The van der Waals surface area contributed by atoms with Crippen LogP contribution in [-0.4, -0.2) is 17.5 Å². The molecule has 0 unspecified atom stereocenters. The second kappa shape index (κ2) is 9.82. The molecule has 5 heteroatoms. The molecule has 0 aliphatic rings. The predicted octanol–water partition coefficient (Wildman–Crippen LogP) is 7.41. The van der Waals surface area contributed by atoms with Gasteiger partial charge in [0.05, 0.1) is 5.69 Å². The summed E-state index contributed by atoms with van der Waals surface area (Å²) in [4.78, 5) is 18.5. The van der Waals surface area contributed by atoms with Crippen LogP contribution in [0.4, 0.5) is 5.69 Å². The van der Waals surface area contributed by atoms with E-state index in [2.05, 4.69) is 58.1 Å². The zero-order valence-corrected chi connectivity index (χ0v) is 21.1. The Morgan fingerprint density at radius 1 is 0.941 bits per heavy atom. The van der Waals surface area contributed by atoms with E-state index in [-0.39, 0.29) is 17.9 Å². The quantitative estimate of drug-likeness (QED) is 0.319. The number of aromatic nitrogens is 1. The second-order valence-electron chi connectivity index (χ2n) is 9.45. The van der Waals surface area contributed by atoms with Crippen LogP contribution in [-0.2, 0) is 10.2 Å². The maximum Gasteiger partial charge on any atom is 0.262 e. The monoisotopic (exact) mass is 470 g/mol. The van der Waals surface area contributed by atoms with Gasteiger partial charge in [0.15, 0.2) is 6.61 Å². The van der Waals surface area contributed by atoms with Gasteiger partial charge >= 0.3 is 0 Å². The molecule has 1 heterocycles. The second-order valence-corrected chi connectivity index (χ2v) is 10.7. The van der Waals surface area contributed by atoms with E-state index >= 15 is 0 Å². The number of benzene rings is 3. The molecule has 0 spiro atoms. The number of thiazole rings is 1. The summed E-state index contributed by atoms with van der Waals surface area (Å²) < 4.78 is 5.89. The van der Waals surface area contributed by atoms with Crippen molar-refractivity contribution < 1.29 is 9.53 Å². The molecule has 4 nitrogen and oxygen atoms in total. The Hall–Kier alpha value is -3.44. The number of aryl methyl sites for hydroxylation is 2. The Morgan fingerprint density at radius 2 is 1.65 bits per heavy atom. The first-order valence-corrected chi connectivity index (χ1v) is 12.2. The maximum absolute atomic E-state index is 12.5. The highest BCUT2D eigenvalue weighted by Crippen LogP contribution is 2.34. The largest absolute Gasteiger partial charge is 0.483 e. The molecule has 0 fully saturated rings. The summed E-state index contributed by atoms with van der Waals surface area (Å²) in [6, 6.07) is 24.1. The average Bonchev–Trinajstić information content (AvgIpc) is 3.20. The fourth-order valence-electron chi connectivity index (χ4n) is 3.78. The fraction of sp³-hybridized carbons (Fsp3) is 0.241. The minimum absolute atomic E-state index is 0.0421. The van der Waals surface area contributed by atoms with Gasteiger partial charge in [0.25, 0.3) is 5.91 Å². The van der Waals surface area contributed by atoms with Gasteiger partial charge in [-0.1, -0.05) is 80.9 Å². The van der Waals surface area contributed by atoms with Gasteiger partial charge in [0.1, 0.15) is 10.8 Å². The minimum atomic E-state index is -0.190. The van der Waals surface area contributed by atoms with Crippen LogP contribution in [0.15, 0.2) is 72.8 Å². The van der Waals surface area contributed by atoms with Crippen molar-refractivity contribution in [3.8, 4) is 27.6 Å². The van der Waals surface area contributed by atoms with E-state index < -0.39 is 0 Å². The number of nitrogens with zero attached hydrogens (tertiary/aromatic N) is 1. The molecule has 3 aromatic carbocycles. The van der Waals surface area contributed by atoms with Gasteiger partial charge in [0.2, 0.25) is 0 Å². The fourth-order valence-corrected chi connectivity index (χ4v) is 4.72. The summed E-state index contributed by atoms with van der Waals surface area (Å²) >= 11 is 1.69. The van der Waals surface area contributed by atoms with E-state index in [4.69, 9.17) is 9.72 Å². The molecule has 1 aromatic heterocycles. The molecule has 0 aliphatic carbocycles. The van der Waals surface area contributed by atoms with Crippen LogP contribution in [0.5, 0.6) is 5.75 Å². The number of nitrogens with one attached hydrogen (secondary N) is 1. The molecule has 4 aromatic rings. The highest BCUT2D eigenvalue weighted by Gasteiger charge is 2.20. The van der Waals surface area contributed by atoms with Crippen LogP contribution >= 0.6 is 11.3 Å². The lowest BCUT2D eigenvalue weighted by molar-refractivity contribution is -0.118. The predicted molar refractivity (Wildman–Crippen MR) is 142 cm³/mol. The third-order valence-electron chi connectivity index (χ3n) is 5.56. The molecule has 174 valence electrons.